The van der Waals surface area contributed by atoms with Gasteiger partial charge >= 0.3 is 0 Å². The predicted octanol–water partition coefficient (Wildman–Crippen LogP) is 4.19. The summed E-state index contributed by atoms with van der Waals surface area (Å²) < 4.78 is 2.15. The van der Waals surface area contributed by atoms with Gasteiger partial charge in [0.2, 0.25) is 0 Å². The summed E-state index contributed by atoms with van der Waals surface area (Å²) in [4.78, 5) is 3.70. The van der Waals surface area contributed by atoms with E-state index in [4.69, 9.17) is 6.57 Å². The molecule has 1 heterocycles. The lowest BCUT2D eigenvalue weighted by atomic mass is 10.1. The van der Waals surface area contributed by atoms with Crippen molar-refractivity contribution in [3.63, 3.8) is 0 Å². The number of nitrogens with zero attached hydrogens (tertiary/aromatic N) is 2. The van der Waals surface area contributed by atoms with Crippen molar-refractivity contribution in [3.8, 4) is 0 Å². The zero-order chi connectivity index (χ0) is 12.0. The summed E-state index contributed by atoms with van der Waals surface area (Å²) in [7, 11) is 2.05. The third kappa shape index (κ3) is 1.20. The molecule has 0 bridgehead atoms. The molecule has 3 rings (SSSR count). The van der Waals surface area contributed by atoms with Crippen LogP contribution in [0.3, 0.4) is 0 Å². The minimum absolute atomic E-state index is 0.777. The Labute approximate surface area is 99.9 Å². The van der Waals surface area contributed by atoms with Crippen molar-refractivity contribution in [1.82, 2.24) is 4.57 Å². The summed E-state index contributed by atoms with van der Waals surface area (Å²) in [6.07, 6.45) is 0. The Morgan fingerprint density at radius 1 is 1.06 bits per heavy atom. The molecular formula is C15H12N2. The fraction of sp³-hybridized carbons (Fsp3) is 0.133. The molecule has 0 aliphatic carbocycles. The van der Waals surface area contributed by atoms with Gasteiger partial charge in [0.1, 0.15) is 0 Å². The van der Waals surface area contributed by atoms with Gasteiger partial charge in [0.25, 0.3) is 0 Å². The zero-order valence-corrected chi connectivity index (χ0v) is 9.86. The first-order valence-electron chi connectivity index (χ1n) is 5.58. The van der Waals surface area contributed by atoms with Gasteiger partial charge in [-0.15, -0.1) is 0 Å². The second-order valence-corrected chi connectivity index (χ2v) is 4.31. The molecule has 0 fully saturated rings. The second-order valence-electron chi connectivity index (χ2n) is 4.31. The molecule has 2 heteroatoms. The molecule has 0 saturated carbocycles. The van der Waals surface area contributed by atoms with Gasteiger partial charge in [0.05, 0.1) is 6.57 Å². The van der Waals surface area contributed by atoms with Gasteiger partial charge < -0.3 is 4.57 Å². The Bertz CT molecular complexity index is 773. The lowest BCUT2D eigenvalue weighted by molar-refractivity contribution is 1.01. The minimum Gasteiger partial charge on any atom is -0.345 e. The fourth-order valence-corrected chi connectivity index (χ4v) is 2.48. The lowest BCUT2D eigenvalue weighted by Gasteiger charge is -2.01. The summed E-state index contributed by atoms with van der Waals surface area (Å²) in [6, 6.07) is 12.4. The summed E-state index contributed by atoms with van der Waals surface area (Å²) in [5, 5.41) is 2.25. The van der Waals surface area contributed by atoms with Crippen molar-refractivity contribution in [3.05, 3.63) is 53.4 Å². The number of para-hydroxylation sites is 1. The number of aryl methyl sites for hydroxylation is 2. The fourth-order valence-electron chi connectivity index (χ4n) is 2.48. The van der Waals surface area contributed by atoms with Crippen LogP contribution < -0.4 is 0 Å². The Kier molecular flexibility index (Phi) is 1.96. The average Bonchev–Trinajstić information content (AvgIpc) is 2.64. The van der Waals surface area contributed by atoms with E-state index in [2.05, 4.69) is 27.6 Å². The van der Waals surface area contributed by atoms with Crippen molar-refractivity contribution in [1.29, 1.82) is 0 Å². The number of rotatable bonds is 0. The second kappa shape index (κ2) is 3.36. The Hall–Kier alpha value is -2.27. The molecule has 0 saturated heterocycles. The number of fused-ring (bicyclic) bond motifs is 3. The number of hydrogen-bond donors (Lipinski definition) is 0. The molecular weight excluding hydrogens is 208 g/mol. The zero-order valence-electron chi connectivity index (χ0n) is 9.86. The van der Waals surface area contributed by atoms with Crippen molar-refractivity contribution >= 4 is 27.5 Å². The van der Waals surface area contributed by atoms with Crippen LogP contribution in [0.25, 0.3) is 26.7 Å². The monoisotopic (exact) mass is 220 g/mol. The van der Waals surface area contributed by atoms with Crippen LogP contribution in [0, 0.1) is 13.5 Å². The molecule has 0 unspecified atom stereocenters. The topological polar surface area (TPSA) is 9.29 Å². The van der Waals surface area contributed by atoms with Crippen LogP contribution in [0.1, 0.15) is 5.56 Å². The molecule has 0 aliphatic rings. The smallest absolute Gasteiger partial charge is 0.199 e. The van der Waals surface area contributed by atoms with Gasteiger partial charge in [-0.2, -0.15) is 0 Å². The first kappa shape index (κ1) is 9.92. The van der Waals surface area contributed by atoms with E-state index >= 15 is 0 Å². The summed E-state index contributed by atoms with van der Waals surface area (Å²) in [5.41, 5.74) is 4.13. The highest BCUT2D eigenvalue weighted by Crippen LogP contribution is 2.37. The summed E-state index contributed by atoms with van der Waals surface area (Å²) in [5.74, 6) is 0. The third-order valence-corrected chi connectivity index (χ3v) is 3.37. The van der Waals surface area contributed by atoms with Gasteiger partial charge in [-0.3, -0.25) is 0 Å². The summed E-state index contributed by atoms with van der Waals surface area (Å²) in [6.45, 7) is 9.36. The molecule has 0 N–H and O–H groups in total. The standard InChI is InChI=1S/C15H12N2/c1-10-8-9-13-14(15(10)16-2)11-6-4-5-7-12(11)17(13)3/h4-9H,1,3H3. The van der Waals surface area contributed by atoms with Crippen LogP contribution in [-0.4, -0.2) is 4.57 Å². The molecule has 0 atom stereocenters. The van der Waals surface area contributed by atoms with Crippen molar-refractivity contribution in [2.75, 3.05) is 0 Å². The van der Waals surface area contributed by atoms with E-state index in [0.29, 0.717) is 0 Å². The van der Waals surface area contributed by atoms with E-state index in [-0.39, 0.29) is 0 Å². The van der Waals surface area contributed by atoms with E-state index in [1.165, 1.54) is 10.9 Å². The van der Waals surface area contributed by atoms with Crippen LogP contribution in [0.15, 0.2) is 36.4 Å². The molecule has 2 nitrogen and oxygen atoms in total. The highest BCUT2D eigenvalue weighted by atomic mass is 14.9. The molecule has 2 aromatic carbocycles. The van der Waals surface area contributed by atoms with Crippen LogP contribution >= 0.6 is 0 Å². The SMILES string of the molecule is [C-]#[N+]c1c(C)ccc2c1c1ccccc1n2C. The van der Waals surface area contributed by atoms with Crippen LogP contribution in [0.4, 0.5) is 5.69 Å². The van der Waals surface area contributed by atoms with Crippen molar-refractivity contribution < 1.29 is 0 Å². The van der Waals surface area contributed by atoms with Gasteiger partial charge in [-0.05, 0) is 30.0 Å². The Morgan fingerprint density at radius 3 is 2.59 bits per heavy atom. The lowest BCUT2D eigenvalue weighted by Crippen LogP contribution is -1.85. The number of aromatic nitrogens is 1. The van der Waals surface area contributed by atoms with Crippen molar-refractivity contribution in [2.24, 2.45) is 7.05 Å². The highest BCUT2D eigenvalue weighted by Gasteiger charge is 2.12. The van der Waals surface area contributed by atoms with Crippen molar-refractivity contribution in [2.45, 2.75) is 6.92 Å². The molecule has 0 amide bonds. The van der Waals surface area contributed by atoms with Gasteiger partial charge in [0.15, 0.2) is 5.69 Å². The molecule has 3 aromatic rings. The Morgan fingerprint density at radius 2 is 1.82 bits per heavy atom. The molecule has 1 aromatic heterocycles. The average molecular weight is 220 g/mol. The number of hydrogen-bond acceptors (Lipinski definition) is 0. The first-order chi connectivity index (χ1) is 8.24. The molecule has 0 radical (unpaired) electrons. The van der Waals surface area contributed by atoms with Gasteiger partial charge in [0, 0.05) is 23.5 Å². The normalized spacial score (nSPS) is 10.9. The third-order valence-electron chi connectivity index (χ3n) is 3.37. The number of benzene rings is 2. The highest BCUT2D eigenvalue weighted by molar-refractivity contribution is 6.14. The Balaban J connectivity index is 2.70. The maximum absolute atomic E-state index is 7.37. The maximum atomic E-state index is 7.37. The quantitative estimate of drug-likeness (QED) is 0.502. The molecule has 82 valence electrons. The van der Waals surface area contributed by atoms with Crippen LogP contribution in [-0.2, 0) is 7.05 Å². The molecule has 17 heavy (non-hydrogen) atoms. The van der Waals surface area contributed by atoms with Gasteiger partial charge in [-0.25, -0.2) is 4.85 Å². The first-order valence-corrected chi connectivity index (χ1v) is 5.58. The van der Waals surface area contributed by atoms with E-state index in [1.807, 2.05) is 32.2 Å². The molecule has 0 aliphatic heterocycles. The predicted molar refractivity (Wildman–Crippen MR) is 71.4 cm³/mol. The van der Waals surface area contributed by atoms with E-state index in [0.717, 1.165) is 22.2 Å². The molecule has 0 spiro atoms. The van der Waals surface area contributed by atoms with Crippen LogP contribution in [0.2, 0.25) is 0 Å². The maximum Gasteiger partial charge on any atom is 0.199 e. The van der Waals surface area contributed by atoms with Crippen LogP contribution in [0.5, 0.6) is 0 Å². The van der Waals surface area contributed by atoms with Gasteiger partial charge in [-0.1, -0.05) is 24.3 Å². The van der Waals surface area contributed by atoms with E-state index < -0.39 is 0 Å². The van der Waals surface area contributed by atoms with E-state index in [9.17, 15) is 0 Å². The largest absolute Gasteiger partial charge is 0.345 e. The minimum atomic E-state index is 0.777. The van der Waals surface area contributed by atoms with E-state index in [1.54, 1.807) is 0 Å². The summed E-state index contributed by atoms with van der Waals surface area (Å²) >= 11 is 0.